The summed E-state index contributed by atoms with van der Waals surface area (Å²) in [5.41, 5.74) is 3.02. The van der Waals surface area contributed by atoms with Crippen LogP contribution >= 0.6 is 0 Å². The highest BCUT2D eigenvalue weighted by molar-refractivity contribution is 5.37. The van der Waals surface area contributed by atoms with Crippen LogP contribution in [0.15, 0.2) is 18.2 Å². The van der Waals surface area contributed by atoms with Crippen LogP contribution in [0.25, 0.3) is 0 Å². The second-order valence-electron chi connectivity index (χ2n) is 5.96. The lowest BCUT2D eigenvalue weighted by molar-refractivity contribution is -1.03. The molecule has 0 aliphatic carbocycles. The standard InChI is InChI=1S/C15H23N3O/c1-17-5-7-18(8-6-17)15-11-16-10-12-9-13(19-2)3-4-14(12)15/h3-4,9,15-16H,5-8,10-11H2,1-2H3/p+3/t15-/m0/s1. The van der Waals surface area contributed by atoms with Crippen molar-refractivity contribution >= 4 is 0 Å². The third kappa shape index (κ3) is 2.61. The van der Waals surface area contributed by atoms with Crippen molar-refractivity contribution in [1.82, 2.24) is 0 Å². The highest BCUT2D eigenvalue weighted by Crippen LogP contribution is 2.22. The van der Waals surface area contributed by atoms with Gasteiger partial charge >= 0.3 is 0 Å². The zero-order valence-corrected chi connectivity index (χ0v) is 12.0. The SMILES string of the molecule is COc1ccc2c(c1)C[NH2+]C[C@@H]2[NH+]1CC[NH+](C)CC1. The largest absolute Gasteiger partial charge is 0.497 e. The molecule has 0 amide bonds. The molecule has 0 saturated carbocycles. The molecule has 0 unspecified atom stereocenters. The highest BCUT2D eigenvalue weighted by atomic mass is 16.5. The number of piperazine rings is 1. The van der Waals surface area contributed by atoms with Gasteiger partial charge in [-0.2, -0.15) is 0 Å². The summed E-state index contributed by atoms with van der Waals surface area (Å²) >= 11 is 0. The monoisotopic (exact) mass is 264 g/mol. The Morgan fingerprint density at radius 3 is 2.74 bits per heavy atom. The second-order valence-corrected chi connectivity index (χ2v) is 5.96. The smallest absolute Gasteiger partial charge is 0.163 e. The number of rotatable bonds is 2. The van der Waals surface area contributed by atoms with Gasteiger partial charge in [0.1, 0.15) is 45.0 Å². The van der Waals surface area contributed by atoms with Crippen LogP contribution in [-0.2, 0) is 6.54 Å². The van der Waals surface area contributed by atoms with E-state index in [0.29, 0.717) is 6.04 Å². The van der Waals surface area contributed by atoms with Gasteiger partial charge in [-0.3, -0.25) is 0 Å². The lowest BCUT2D eigenvalue weighted by Crippen LogP contribution is -3.28. The van der Waals surface area contributed by atoms with Crippen molar-refractivity contribution in [1.29, 1.82) is 0 Å². The van der Waals surface area contributed by atoms with Gasteiger partial charge in [0.15, 0.2) is 6.04 Å². The molecule has 0 spiro atoms. The molecule has 2 aliphatic heterocycles. The van der Waals surface area contributed by atoms with Crippen molar-refractivity contribution in [3.05, 3.63) is 29.3 Å². The summed E-state index contributed by atoms with van der Waals surface area (Å²) in [6.07, 6.45) is 0. The van der Waals surface area contributed by atoms with E-state index in [0.717, 1.165) is 12.3 Å². The summed E-state index contributed by atoms with van der Waals surface area (Å²) in [4.78, 5) is 3.45. The maximum absolute atomic E-state index is 5.35. The number of hydrogen-bond acceptors (Lipinski definition) is 1. The molecule has 0 bridgehead atoms. The Hall–Kier alpha value is -1.10. The van der Waals surface area contributed by atoms with E-state index in [9.17, 15) is 0 Å². The van der Waals surface area contributed by atoms with Crippen LogP contribution < -0.4 is 19.9 Å². The van der Waals surface area contributed by atoms with Crippen LogP contribution in [-0.4, -0.2) is 46.9 Å². The molecule has 3 rings (SSSR count). The summed E-state index contributed by atoms with van der Waals surface area (Å²) in [7, 11) is 4.06. The average Bonchev–Trinajstić information content (AvgIpc) is 2.47. The summed E-state index contributed by atoms with van der Waals surface area (Å²) in [5, 5.41) is 2.45. The van der Waals surface area contributed by atoms with E-state index in [2.05, 4.69) is 30.6 Å². The zero-order valence-electron chi connectivity index (χ0n) is 12.0. The molecule has 0 radical (unpaired) electrons. The van der Waals surface area contributed by atoms with E-state index in [1.165, 1.54) is 38.3 Å². The van der Waals surface area contributed by atoms with Gasteiger partial charge in [0.25, 0.3) is 0 Å². The second kappa shape index (κ2) is 5.49. The lowest BCUT2D eigenvalue weighted by atomic mass is 9.94. The van der Waals surface area contributed by atoms with Crippen molar-refractivity contribution in [2.45, 2.75) is 12.6 Å². The van der Waals surface area contributed by atoms with Gasteiger partial charge in [0.2, 0.25) is 0 Å². The molecule has 0 aromatic heterocycles. The van der Waals surface area contributed by atoms with Gasteiger partial charge in [-0.25, -0.2) is 0 Å². The summed E-state index contributed by atoms with van der Waals surface area (Å²) in [5.74, 6) is 0.991. The predicted octanol–water partition coefficient (Wildman–Crippen LogP) is -2.77. The first kappa shape index (κ1) is 12.9. The van der Waals surface area contributed by atoms with Crippen molar-refractivity contribution in [2.75, 3.05) is 46.9 Å². The average molecular weight is 264 g/mol. The first-order valence-electron chi connectivity index (χ1n) is 7.42. The third-order valence-corrected chi connectivity index (χ3v) is 4.73. The number of nitrogens with one attached hydrogen (secondary N) is 2. The molecule has 2 heterocycles. The lowest BCUT2D eigenvalue weighted by Gasteiger charge is -2.35. The third-order valence-electron chi connectivity index (χ3n) is 4.73. The topological polar surface area (TPSA) is 34.7 Å². The number of ether oxygens (including phenoxy) is 1. The van der Waals surface area contributed by atoms with Crippen LogP contribution in [0.4, 0.5) is 0 Å². The van der Waals surface area contributed by atoms with Crippen LogP contribution in [0.3, 0.4) is 0 Å². The Labute approximate surface area is 115 Å². The van der Waals surface area contributed by atoms with Gasteiger partial charge < -0.3 is 19.9 Å². The fourth-order valence-corrected chi connectivity index (χ4v) is 3.49. The minimum Gasteiger partial charge on any atom is -0.497 e. The highest BCUT2D eigenvalue weighted by Gasteiger charge is 2.34. The number of hydrogen-bond donors (Lipinski definition) is 3. The predicted molar refractivity (Wildman–Crippen MR) is 73.5 cm³/mol. The number of nitrogens with two attached hydrogens (primary N) is 1. The Bertz CT molecular complexity index is 441. The summed E-state index contributed by atoms with van der Waals surface area (Å²) < 4.78 is 5.35. The molecule has 4 N–H and O–H groups in total. The molecule has 1 fully saturated rings. The normalized spacial score (nSPS) is 30.7. The van der Waals surface area contributed by atoms with E-state index >= 15 is 0 Å². The molecule has 4 heteroatoms. The number of benzene rings is 1. The molecule has 2 aliphatic rings. The van der Waals surface area contributed by atoms with Crippen molar-refractivity contribution in [3.8, 4) is 5.75 Å². The van der Waals surface area contributed by atoms with Gasteiger partial charge in [0.05, 0.1) is 14.2 Å². The fraction of sp³-hybridized carbons (Fsp3) is 0.600. The number of methoxy groups -OCH3 is 1. The van der Waals surface area contributed by atoms with Crippen LogP contribution in [0.1, 0.15) is 17.2 Å². The Morgan fingerprint density at radius 2 is 2.00 bits per heavy atom. The van der Waals surface area contributed by atoms with Crippen LogP contribution in [0, 0.1) is 0 Å². The molecular formula is C15H26N3O+3. The van der Waals surface area contributed by atoms with Gasteiger partial charge in [-0.1, -0.05) is 0 Å². The van der Waals surface area contributed by atoms with E-state index < -0.39 is 0 Å². The van der Waals surface area contributed by atoms with E-state index in [1.807, 2.05) is 0 Å². The van der Waals surface area contributed by atoms with Gasteiger partial charge in [-0.05, 0) is 18.2 Å². The molecule has 1 atom stereocenters. The number of quaternary nitrogens is 3. The molecular weight excluding hydrogens is 238 g/mol. The minimum atomic E-state index is 0.669. The van der Waals surface area contributed by atoms with Gasteiger partial charge in [-0.15, -0.1) is 0 Å². The zero-order chi connectivity index (χ0) is 13.2. The maximum Gasteiger partial charge on any atom is 0.163 e. The Kier molecular flexibility index (Phi) is 3.73. The minimum absolute atomic E-state index is 0.669. The first-order valence-corrected chi connectivity index (χ1v) is 7.42. The van der Waals surface area contributed by atoms with Crippen molar-refractivity contribution in [3.63, 3.8) is 0 Å². The molecule has 1 aromatic carbocycles. The van der Waals surface area contributed by atoms with E-state index in [4.69, 9.17) is 4.74 Å². The Balaban J connectivity index is 1.82. The summed E-state index contributed by atoms with van der Waals surface area (Å²) in [6, 6.07) is 7.31. The molecule has 4 nitrogen and oxygen atoms in total. The number of likely N-dealkylation sites (N-methyl/N-ethyl adjacent to an activating group) is 1. The molecule has 1 saturated heterocycles. The van der Waals surface area contributed by atoms with Gasteiger partial charge in [0, 0.05) is 11.1 Å². The molecule has 19 heavy (non-hydrogen) atoms. The fourth-order valence-electron chi connectivity index (χ4n) is 3.49. The van der Waals surface area contributed by atoms with E-state index in [1.54, 1.807) is 22.5 Å². The molecule has 104 valence electrons. The van der Waals surface area contributed by atoms with Crippen LogP contribution in [0.5, 0.6) is 5.75 Å². The quantitative estimate of drug-likeness (QED) is 0.531. The first-order chi connectivity index (χ1) is 9.28. The van der Waals surface area contributed by atoms with Crippen LogP contribution in [0.2, 0.25) is 0 Å². The maximum atomic E-state index is 5.35. The molecule has 1 aromatic rings. The van der Waals surface area contributed by atoms with E-state index in [-0.39, 0.29) is 0 Å². The van der Waals surface area contributed by atoms with Crippen molar-refractivity contribution in [2.24, 2.45) is 0 Å². The van der Waals surface area contributed by atoms with Crippen molar-refractivity contribution < 1.29 is 19.9 Å². The number of fused-ring (bicyclic) bond motifs is 1. The summed E-state index contributed by atoms with van der Waals surface area (Å²) in [6.45, 7) is 7.54. The Morgan fingerprint density at radius 1 is 1.21 bits per heavy atom.